The van der Waals surface area contributed by atoms with E-state index < -0.39 is 0 Å². The molecule has 1 atom stereocenters. The Morgan fingerprint density at radius 1 is 1.35 bits per heavy atom. The molecule has 1 aromatic heterocycles. The topological polar surface area (TPSA) is 19.4 Å². The van der Waals surface area contributed by atoms with Crippen LogP contribution in [-0.2, 0) is 6.42 Å². The highest BCUT2D eigenvalue weighted by Gasteiger charge is 2.32. The number of fused-ring (bicyclic) bond motifs is 3. The van der Waals surface area contributed by atoms with Crippen molar-refractivity contribution >= 4 is 5.82 Å². The van der Waals surface area contributed by atoms with E-state index in [2.05, 4.69) is 40.8 Å². The molecule has 0 unspecified atom stereocenters. The van der Waals surface area contributed by atoms with Gasteiger partial charge in [0.25, 0.3) is 0 Å². The molecule has 2 aliphatic heterocycles. The van der Waals surface area contributed by atoms with Crippen LogP contribution in [-0.4, -0.2) is 41.6 Å². The molecule has 1 aromatic rings. The van der Waals surface area contributed by atoms with Gasteiger partial charge in [-0.1, -0.05) is 6.07 Å². The summed E-state index contributed by atoms with van der Waals surface area (Å²) in [4.78, 5) is 9.70. The summed E-state index contributed by atoms with van der Waals surface area (Å²) in [5.74, 6) is 1.24. The zero-order valence-electron chi connectivity index (χ0n) is 10.8. The highest BCUT2D eigenvalue weighted by molar-refractivity contribution is 5.50. The van der Waals surface area contributed by atoms with E-state index in [-0.39, 0.29) is 0 Å². The van der Waals surface area contributed by atoms with E-state index in [0.29, 0.717) is 12.1 Å². The van der Waals surface area contributed by atoms with Crippen molar-refractivity contribution in [2.24, 2.45) is 0 Å². The number of aromatic nitrogens is 1. The van der Waals surface area contributed by atoms with Crippen LogP contribution in [0.25, 0.3) is 0 Å². The second-order valence-corrected chi connectivity index (χ2v) is 5.46. The zero-order chi connectivity index (χ0) is 11.8. The summed E-state index contributed by atoms with van der Waals surface area (Å²) in [5.41, 5.74) is 1.43. The minimum atomic E-state index is 0.669. The van der Waals surface area contributed by atoms with Gasteiger partial charge < -0.3 is 4.90 Å². The van der Waals surface area contributed by atoms with Crippen LogP contribution in [0.3, 0.4) is 0 Å². The summed E-state index contributed by atoms with van der Waals surface area (Å²) in [6.45, 7) is 8.10. The van der Waals surface area contributed by atoms with Crippen molar-refractivity contribution < 1.29 is 0 Å². The van der Waals surface area contributed by atoms with Crippen molar-refractivity contribution in [3.8, 4) is 0 Å². The fraction of sp³-hybridized carbons (Fsp3) is 0.643. The summed E-state index contributed by atoms with van der Waals surface area (Å²) in [7, 11) is 0. The first kappa shape index (κ1) is 11.0. The smallest absolute Gasteiger partial charge is 0.132 e. The second kappa shape index (κ2) is 4.30. The molecular formula is C14H21N3. The van der Waals surface area contributed by atoms with Crippen LogP contribution in [0.4, 0.5) is 5.82 Å². The summed E-state index contributed by atoms with van der Waals surface area (Å²) < 4.78 is 0. The second-order valence-electron chi connectivity index (χ2n) is 5.46. The Labute approximate surface area is 103 Å². The van der Waals surface area contributed by atoms with E-state index >= 15 is 0 Å². The Morgan fingerprint density at radius 2 is 2.24 bits per heavy atom. The van der Waals surface area contributed by atoms with E-state index in [0.717, 1.165) is 6.54 Å². The maximum atomic E-state index is 4.58. The number of rotatable bonds is 1. The molecular weight excluding hydrogens is 210 g/mol. The van der Waals surface area contributed by atoms with Gasteiger partial charge in [0.1, 0.15) is 5.82 Å². The Balaban J connectivity index is 1.83. The van der Waals surface area contributed by atoms with Gasteiger partial charge >= 0.3 is 0 Å². The number of pyridine rings is 1. The van der Waals surface area contributed by atoms with Crippen LogP contribution in [0.15, 0.2) is 18.3 Å². The largest absolute Gasteiger partial charge is 0.351 e. The lowest BCUT2D eigenvalue weighted by molar-refractivity contribution is 0.174. The average Bonchev–Trinajstić information content (AvgIpc) is 2.38. The van der Waals surface area contributed by atoms with Crippen molar-refractivity contribution in [3.63, 3.8) is 0 Å². The molecule has 0 aromatic carbocycles. The summed E-state index contributed by atoms with van der Waals surface area (Å²) in [5, 5.41) is 0. The Hall–Kier alpha value is -1.09. The molecule has 1 saturated heterocycles. The molecule has 3 rings (SSSR count). The van der Waals surface area contributed by atoms with Crippen LogP contribution in [0.2, 0.25) is 0 Å². The number of piperazine rings is 1. The van der Waals surface area contributed by atoms with Gasteiger partial charge in [-0.25, -0.2) is 4.98 Å². The van der Waals surface area contributed by atoms with Crippen LogP contribution in [0.5, 0.6) is 0 Å². The molecule has 3 heteroatoms. The molecule has 0 saturated carbocycles. The van der Waals surface area contributed by atoms with E-state index in [1.807, 2.05) is 6.20 Å². The molecule has 3 nitrogen and oxygen atoms in total. The minimum absolute atomic E-state index is 0.669. The minimum Gasteiger partial charge on any atom is -0.351 e. The summed E-state index contributed by atoms with van der Waals surface area (Å²) in [6.07, 6.45) is 4.40. The van der Waals surface area contributed by atoms with Crippen molar-refractivity contribution in [3.05, 3.63) is 23.9 Å². The summed E-state index contributed by atoms with van der Waals surface area (Å²) >= 11 is 0. The molecule has 0 bridgehead atoms. The molecule has 0 amide bonds. The van der Waals surface area contributed by atoms with Crippen molar-refractivity contribution in [2.75, 3.05) is 24.5 Å². The molecule has 0 aliphatic carbocycles. The Morgan fingerprint density at radius 3 is 3.06 bits per heavy atom. The summed E-state index contributed by atoms with van der Waals surface area (Å²) in [6, 6.07) is 5.63. The van der Waals surface area contributed by atoms with Crippen LogP contribution in [0.1, 0.15) is 25.8 Å². The van der Waals surface area contributed by atoms with E-state index in [9.17, 15) is 0 Å². The molecule has 3 heterocycles. The molecule has 1 fully saturated rings. The predicted octanol–water partition coefficient (Wildman–Crippen LogP) is 1.93. The molecule has 92 valence electrons. The molecule has 0 N–H and O–H groups in total. The molecule has 2 aliphatic rings. The quantitative estimate of drug-likeness (QED) is 0.736. The molecule has 0 radical (unpaired) electrons. The number of hydrogen-bond donors (Lipinski definition) is 0. The van der Waals surface area contributed by atoms with Crippen molar-refractivity contribution in [1.82, 2.24) is 9.88 Å². The number of hydrogen-bond acceptors (Lipinski definition) is 3. The SMILES string of the molecule is CC(C)N1CCN2c3ncccc3CC[C@@H]2C1. The zero-order valence-corrected chi connectivity index (χ0v) is 10.8. The highest BCUT2D eigenvalue weighted by atomic mass is 15.3. The van der Waals surface area contributed by atoms with Gasteiger partial charge in [-0.2, -0.15) is 0 Å². The van der Waals surface area contributed by atoms with E-state index in [4.69, 9.17) is 0 Å². The van der Waals surface area contributed by atoms with Gasteiger partial charge in [0.2, 0.25) is 0 Å². The first-order valence-corrected chi connectivity index (χ1v) is 6.70. The third-order valence-electron chi connectivity index (χ3n) is 4.13. The third-order valence-corrected chi connectivity index (χ3v) is 4.13. The monoisotopic (exact) mass is 231 g/mol. The molecule has 0 spiro atoms. The van der Waals surface area contributed by atoms with Crippen LogP contribution >= 0.6 is 0 Å². The lowest BCUT2D eigenvalue weighted by Crippen LogP contribution is -2.56. The van der Waals surface area contributed by atoms with Gasteiger partial charge in [-0.05, 0) is 38.3 Å². The number of anilines is 1. The van der Waals surface area contributed by atoms with Gasteiger partial charge in [0.05, 0.1) is 0 Å². The standard InChI is InChI=1S/C14H21N3/c1-11(2)16-8-9-17-13(10-16)6-5-12-4-3-7-15-14(12)17/h3-4,7,11,13H,5-6,8-10H2,1-2H3/t13-/m1/s1. The van der Waals surface area contributed by atoms with E-state index in [1.165, 1.54) is 37.3 Å². The maximum absolute atomic E-state index is 4.58. The maximum Gasteiger partial charge on any atom is 0.132 e. The normalized spacial score (nSPS) is 24.6. The van der Waals surface area contributed by atoms with E-state index in [1.54, 1.807) is 0 Å². The van der Waals surface area contributed by atoms with Crippen LogP contribution in [0, 0.1) is 0 Å². The average molecular weight is 231 g/mol. The number of aryl methyl sites for hydroxylation is 1. The first-order valence-electron chi connectivity index (χ1n) is 6.70. The first-order chi connectivity index (χ1) is 8.25. The Kier molecular flexibility index (Phi) is 2.79. The van der Waals surface area contributed by atoms with Crippen molar-refractivity contribution in [2.45, 2.75) is 38.8 Å². The van der Waals surface area contributed by atoms with Crippen molar-refractivity contribution in [1.29, 1.82) is 0 Å². The third kappa shape index (κ3) is 1.93. The van der Waals surface area contributed by atoms with Gasteiger partial charge in [-0.3, -0.25) is 4.90 Å². The van der Waals surface area contributed by atoms with Gasteiger partial charge in [-0.15, -0.1) is 0 Å². The van der Waals surface area contributed by atoms with Crippen LogP contribution < -0.4 is 4.90 Å². The Bertz CT molecular complexity index is 402. The predicted molar refractivity (Wildman–Crippen MR) is 70.4 cm³/mol. The van der Waals surface area contributed by atoms with Gasteiger partial charge in [0.15, 0.2) is 0 Å². The fourth-order valence-electron chi connectivity index (χ4n) is 3.08. The molecule has 17 heavy (non-hydrogen) atoms. The highest BCUT2D eigenvalue weighted by Crippen LogP contribution is 2.30. The van der Waals surface area contributed by atoms with Gasteiger partial charge in [0, 0.05) is 37.9 Å². The lowest BCUT2D eigenvalue weighted by atomic mass is 9.96. The number of nitrogens with zero attached hydrogens (tertiary/aromatic N) is 3. The fourth-order valence-corrected chi connectivity index (χ4v) is 3.08. The lowest BCUT2D eigenvalue weighted by Gasteiger charge is -2.46.